The number of nitrogens with zero attached hydrogens (tertiary/aromatic N) is 4. The number of nitrogen functional groups attached to an aromatic ring is 1. The third-order valence-electron chi connectivity index (χ3n) is 2.32. The second-order valence-electron chi connectivity index (χ2n) is 3.66. The summed E-state index contributed by atoms with van der Waals surface area (Å²) in [5, 5.41) is 0. The third-order valence-corrected chi connectivity index (χ3v) is 2.32. The molecule has 3 aromatic heterocycles. The van der Waals surface area contributed by atoms with Crippen molar-refractivity contribution in [1.29, 1.82) is 0 Å². The van der Waals surface area contributed by atoms with Gasteiger partial charge in [0.2, 0.25) is 0 Å². The molecule has 3 rings (SSSR count). The van der Waals surface area contributed by atoms with Crippen LogP contribution in [0.15, 0.2) is 37.2 Å². The Morgan fingerprint density at radius 1 is 1.32 bits per heavy atom. The Balaban J connectivity index is 0.000000141. The molecule has 7 nitrogen and oxygen atoms in total. The first kappa shape index (κ1) is 12.6. The number of carbonyl (C=O) groups excluding carboxylic acids is 1. The molecule has 7 heteroatoms. The Morgan fingerprint density at radius 3 is 2.74 bits per heavy atom. The van der Waals surface area contributed by atoms with Gasteiger partial charge in [0.25, 0.3) is 0 Å². The summed E-state index contributed by atoms with van der Waals surface area (Å²) in [7, 11) is 0. The van der Waals surface area contributed by atoms with E-state index in [4.69, 9.17) is 5.73 Å². The maximum atomic E-state index is 10.6. The van der Waals surface area contributed by atoms with E-state index < -0.39 is 0 Å². The van der Waals surface area contributed by atoms with Crippen molar-refractivity contribution in [2.45, 2.75) is 6.92 Å². The first-order chi connectivity index (χ1) is 9.18. The van der Waals surface area contributed by atoms with Crippen LogP contribution in [0.2, 0.25) is 0 Å². The van der Waals surface area contributed by atoms with Crippen molar-refractivity contribution in [3.05, 3.63) is 42.7 Å². The lowest BCUT2D eigenvalue weighted by atomic mass is 10.2. The average molecular weight is 256 g/mol. The molecule has 19 heavy (non-hydrogen) atoms. The number of aromatic amines is 1. The summed E-state index contributed by atoms with van der Waals surface area (Å²) in [4.78, 5) is 28.8. The topological polar surface area (TPSA) is 110 Å². The van der Waals surface area contributed by atoms with Gasteiger partial charge in [-0.1, -0.05) is 0 Å². The molecule has 0 spiro atoms. The highest BCUT2D eigenvalue weighted by Gasteiger charge is 1.99. The molecule has 0 unspecified atom stereocenters. The summed E-state index contributed by atoms with van der Waals surface area (Å²) in [5.74, 6) is 0.491. The van der Waals surface area contributed by atoms with Crippen LogP contribution in [0.5, 0.6) is 0 Å². The van der Waals surface area contributed by atoms with Gasteiger partial charge in [-0.05, 0) is 19.1 Å². The van der Waals surface area contributed by atoms with Crippen molar-refractivity contribution in [2.75, 3.05) is 5.73 Å². The lowest BCUT2D eigenvalue weighted by Gasteiger charge is -1.89. The normalized spacial score (nSPS) is 9.74. The summed E-state index contributed by atoms with van der Waals surface area (Å²) in [6, 6.07) is 3.49. The maximum absolute atomic E-state index is 10.6. The molecule has 3 heterocycles. The van der Waals surface area contributed by atoms with Crippen LogP contribution in [-0.4, -0.2) is 30.7 Å². The number of hydrogen-bond donors (Lipinski definition) is 2. The van der Waals surface area contributed by atoms with Crippen LogP contribution in [0, 0.1) is 0 Å². The van der Waals surface area contributed by atoms with Crippen molar-refractivity contribution in [3.8, 4) is 0 Å². The van der Waals surface area contributed by atoms with Crippen LogP contribution in [-0.2, 0) is 0 Å². The predicted octanol–water partition coefficient (Wildman–Crippen LogP) is 1.22. The van der Waals surface area contributed by atoms with Crippen LogP contribution in [0.4, 0.5) is 5.82 Å². The quantitative estimate of drug-likeness (QED) is 0.633. The Hall–Kier alpha value is -2.83. The van der Waals surface area contributed by atoms with E-state index in [2.05, 4.69) is 24.9 Å². The van der Waals surface area contributed by atoms with Gasteiger partial charge in [0.1, 0.15) is 11.8 Å². The molecule has 0 saturated carbocycles. The van der Waals surface area contributed by atoms with Crippen LogP contribution >= 0.6 is 0 Å². The number of Topliss-reactive ketones (excluding diaryl/α,β-unsaturated/α-hetero) is 1. The minimum atomic E-state index is 0.0584. The molecule has 0 bridgehead atoms. The molecule has 0 aliphatic heterocycles. The molecular formula is C12H12N6O. The molecule has 0 aromatic carbocycles. The molecule has 96 valence electrons. The summed E-state index contributed by atoms with van der Waals surface area (Å²) in [6.45, 7) is 1.52. The zero-order chi connectivity index (χ0) is 13.7. The second kappa shape index (κ2) is 5.67. The highest BCUT2D eigenvalue weighted by Crippen LogP contribution is 2.09. The number of ketones is 1. The number of pyridine rings is 1. The molecule has 3 aromatic rings. The molecule has 3 N–H and O–H groups in total. The van der Waals surface area contributed by atoms with Gasteiger partial charge in [-0.2, -0.15) is 0 Å². The van der Waals surface area contributed by atoms with Gasteiger partial charge >= 0.3 is 0 Å². The number of fused-ring (bicyclic) bond motifs is 1. The monoisotopic (exact) mass is 256 g/mol. The first-order valence-corrected chi connectivity index (χ1v) is 5.49. The van der Waals surface area contributed by atoms with E-state index in [0.717, 1.165) is 0 Å². The lowest BCUT2D eigenvalue weighted by Crippen LogP contribution is -1.91. The number of aromatic nitrogens is 5. The fourth-order valence-corrected chi connectivity index (χ4v) is 1.35. The molecule has 0 aliphatic carbocycles. The number of H-pyrrole nitrogens is 1. The van der Waals surface area contributed by atoms with E-state index >= 15 is 0 Å². The molecule has 0 saturated heterocycles. The van der Waals surface area contributed by atoms with Gasteiger partial charge in [-0.15, -0.1) is 0 Å². The van der Waals surface area contributed by atoms with Crippen LogP contribution in [0.1, 0.15) is 17.3 Å². The largest absolute Gasteiger partial charge is 0.382 e. The molecule has 0 atom stereocenters. The minimum absolute atomic E-state index is 0.0584. The van der Waals surface area contributed by atoms with Gasteiger partial charge in [0.15, 0.2) is 17.2 Å². The van der Waals surface area contributed by atoms with Crippen molar-refractivity contribution < 1.29 is 4.79 Å². The number of hydrogen-bond acceptors (Lipinski definition) is 6. The number of nitrogens with one attached hydrogen (secondary N) is 1. The van der Waals surface area contributed by atoms with E-state index in [1.165, 1.54) is 19.6 Å². The van der Waals surface area contributed by atoms with Crippen molar-refractivity contribution >= 4 is 22.8 Å². The van der Waals surface area contributed by atoms with Gasteiger partial charge in [-0.3, -0.25) is 9.78 Å². The molecular weight excluding hydrogens is 244 g/mol. The van der Waals surface area contributed by atoms with Gasteiger partial charge in [-0.25, -0.2) is 15.0 Å². The smallest absolute Gasteiger partial charge is 0.182 e. The van der Waals surface area contributed by atoms with Crippen LogP contribution < -0.4 is 5.73 Å². The number of nitrogens with two attached hydrogens (primary N) is 1. The maximum Gasteiger partial charge on any atom is 0.182 e. The van der Waals surface area contributed by atoms with Crippen LogP contribution in [0.3, 0.4) is 0 Å². The zero-order valence-electron chi connectivity index (χ0n) is 10.2. The van der Waals surface area contributed by atoms with Gasteiger partial charge < -0.3 is 10.7 Å². The molecule has 0 aliphatic rings. The fourth-order valence-electron chi connectivity index (χ4n) is 1.35. The molecule has 0 amide bonds. The number of rotatable bonds is 1. The van der Waals surface area contributed by atoms with Gasteiger partial charge in [0.05, 0.1) is 6.33 Å². The van der Waals surface area contributed by atoms with Gasteiger partial charge in [0, 0.05) is 18.0 Å². The van der Waals surface area contributed by atoms with Crippen molar-refractivity contribution in [3.63, 3.8) is 0 Å². The number of carbonyl (C=O) groups is 1. The van der Waals surface area contributed by atoms with E-state index in [0.29, 0.717) is 22.5 Å². The Morgan fingerprint density at radius 2 is 2.16 bits per heavy atom. The van der Waals surface area contributed by atoms with Crippen molar-refractivity contribution in [1.82, 2.24) is 24.9 Å². The zero-order valence-corrected chi connectivity index (χ0v) is 10.2. The Bertz CT molecular complexity index is 679. The standard InChI is InChI=1S/C7H7NO.C5H5N5/c1-6(9)7-3-2-4-8-5-7;6-4-3-5(9-1-7-3)10-2-8-4/h2-5H,1H3;1-2H,(H3,6,7,8,9,10). The predicted molar refractivity (Wildman–Crippen MR) is 70.3 cm³/mol. The van der Waals surface area contributed by atoms with E-state index in [1.54, 1.807) is 24.5 Å². The summed E-state index contributed by atoms with van der Waals surface area (Å²) >= 11 is 0. The van der Waals surface area contributed by atoms with E-state index in [1.807, 2.05) is 0 Å². The van der Waals surface area contributed by atoms with Crippen LogP contribution in [0.25, 0.3) is 11.2 Å². The average Bonchev–Trinajstić information content (AvgIpc) is 2.90. The SMILES string of the molecule is CC(=O)c1cccnc1.Nc1ncnc2nc[nH]c12. The van der Waals surface area contributed by atoms with E-state index in [-0.39, 0.29) is 5.78 Å². The molecule has 0 fully saturated rings. The number of imidazole rings is 1. The molecule has 0 radical (unpaired) electrons. The second-order valence-corrected chi connectivity index (χ2v) is 3.66. The Labute approximate surface area is 108 Å². The number of anilines is 1. The summed E-state index contributed by atoms with van der Waals surface area (Å²) < 4.78 is 0. The summed E-state index contributed by atoms with van der Waals surface area (Å²) in [6.07, 6.45) is 6.13. The van der Waals surface area contributed by atoms with E-state index in [9.17, 15) is 4.79 Å². The Kier molecular flexibility index (Phi) is 3.77. The lowest BCUT2D eigenvalue weighted by molar-refractivity contribution is 0.101. The highest BCUT2D eigenvalue weighted by molar-refractivity contribution is 5.93. The first-order valence-electron chi connectivity index (χ1n) is 5.49. The summed E-state index contributed by atoms with van der Waals surface area (Å²) in [5.41, 5.74) is 7.44. The van der Waals surface area contributed by atoms with Crippen molar-refractivity contribution in [2.24, 2.45) is 0 Å². The highest BCUT2D eigenvalue weighted by atomic mass is 16.1. The minimum Gasteiger partial charge on any atom is -0.382 e. The third kappa shape index (κ3) is 3.09. The fraction of sp³-hybridized carbons (Fsp3) is 0.0833.